The Balaban J connectivity index is 1.01. The summed E-state index contributed by atoms with van der Waals surface area (Å²) in [7, 11) is 3.26. The maximum Gasteiger partial charge on any atom is 0.249 e. The molecule has 61 heavy (non-hydrogen) atoms. The number of hydrogen-bond acceptors (Lipinski definition) is 14. The first-order valence-electron chi connectivity index (χ1n) is 23.5. The number of aliphatic hydroxyl groups is 3. The van der Waals surface area contributed by atoms with Gasteiger partial charge in [-0.25, -0.2) is 0 Å². The van der Waals surface area contributed by atoms with E-state index in [2.05, 4.69) is 18.8 Å². The maximum atomic E-state index is 14.4. The van der Waals surface area contributed by atoms with Gasteiger partial charge in [-0.15, -0.1) is 0 Å². The first-order valence-corrected chi connectivity index (χ1v) is 23.5. The molecule has 10 aliphatic heterocycles. The van der Waals surface area contributed by atoms with Gasteiger partial charge in [0, 0.05) is 82.8 Å². The summed E-state index contributed by atoms with van der Waals surface area (Å²) in [5, 5.41) is 37.3. The zero-order valence-corrected chi connectivity index (χ0v) is 36.1. The number of carbonyl (C=O) groups is 2. The van der Waals surface area contributed by atoms with Crippen molar-refractivity contribution in [2.75, 3.05) is 20.8 Å². The number of hydrogen-bond donors (Lipinski definition) is 4. The average molecular weight is 857 g/mol. The fourth-order valence-electron chi connectivity index (χ4n) is 12.9. The Kier molecular flexibility index (Phi) is 11.9. The summed E-state index contributed by atoms with van der Waals surface area (Å²) < 4.78 is 54.1. The highest BCUT2D eigenvalue weighted by atomic mass is 16.7. The molecule has 15 heteroatoms. The number of carbonyl (C=O) groups excluding carboxylic acids is 2. The first kappa shape index (κ1) is 43.0. The van der Waals surface area contributed by atoms with Crippen molar-refractivity contribution in [1.82, 2.24) is 5.32 Å². The number of rotatable bonds is 8. The van der Waals surface area contributed by atoms with E-state index in [1.165, 1.54) is 0 Å². The van der Waals surface area contributed by atoms with E-state index in [9.17, 15) is 24.9 Å². The fraction of sp³-hybridized carbons (Fsp3) is 0.891. The van der Waals surface area contributed by atoms with Crippen LogP contribution in [-0.2, 0) is 47.5 Å². The van der Waals surface area contributed by atoms with Gasteiger partial charge in [-0.05, 0) is 81.6 Å². The standard InChI is InChI=1S/C46H68N2O13/c1-22-13-27-11-12-45(53)20-33(50)30-18-32-41(30)59-38-10-8-28-15-25(49)16-31-35(58-37(42(31)55-4)17-29(54-3)21-47-44(52)40(51)24-5-6-24)19-36-39(48-46(38,60-28)43(32)61-45)23(2)14-26(57-36)7-9-34(22)56-27/h23-24,26-38,40-43,50-51,53H,1,5-21H2,2-4H3,(H,47,52)/t23-,26+,27+,28-,29+,30+,31+,32?,33-,34+,35+,36-,37-,38+,40-,41+,42-,43-,45+,46+/m1/s1. The van der Waals surface area contributed by atoms with E-state index in [4.69, 9.17) is 42.9 Å². The topological polar surface area (TPSA) is 193 Å². The SMILES string of the molecule is C=C1C[C@@H]2CC[C@@]3(O)C[C@@H](O)[C@@H]4CC5[C@H]4O[C@H]4CC[C@@H]6CC(=O)C[C@@H]7[C@@H](OC)[C@@H](C[C@@H](CNC(=O)[C@H](O)C8CC8)OC)O[C@H]7C[C@H]7O[C@@H](CC[C@@H]1O2)C[C@@H](C)C7=N[C@@]4(O6)[C@@H]5O3. The fourth-order valence-corrected chi connectivity index (χ4v) is 12.9. The number of fused-ring (bicyclic) bond motifs is 6. The monoisotopic (exact) mass is 856 g/mol. The highest BCUT2D eigenvalue weighted by Crippen LogP contribution is 2.58. The normalized spacial score (nSPS) is 49.2. The number of amides is 1. The van der Waals surface area contributed by atoms with Gasteiger partial charge in [0.25, 0.3) is 0 Å². The first-order chi connectivity index (χ1) is 29.3. The summed E-state index contributed by atoms with van der Waals surface area (Å²) in [4.78, 5) is 32.8. The van der Waals surface area contributed by atoms with Gasteiger partial charge in [-0.1, -0.05) is 13.5 Å². The summed E-state index contributed by atoms with van der Waals surface area (Å²) >= 11 is 0. The zero-order chi connectivity index (χ0) is 42.4. The lowest BCUT2D eigenvalue weighted by atomic mass is 9.60. The molecule has 2 saturated carbocycles. The number of ketones is 1. The Labute approximate surface area is 358 Å². The summed E-state index contributed by atoms with van der Waals surface area (Å²) in [6.07, 6.45) is 2.33. The summed E-state index contributed by atoms with van der Waals surface area (Å²) in [5.41, 5.74) is 0.551. The predicted octanol–water partition coefficient (Wildman–Crippen LogP) is 3.07. The summed E-state index contributed by atoms with van der Waals surface area (Å²) in [6.45, 7) is 6.80. The van der Waals surface area contributed by atoms with Crippen LogP contribution in [0.2, 0.25) is 0 Å². The molecule has 1 spiro atoms. The van der Waals surface area contributed by atoms with Crippen LogP contribution in [0.15, 0.2) is 17.1 Å². The van der Waals surface area contributed by atoms with Gasteiger partial charge >= 0.3 is 0 Å². The van der Waals surface area contributed by atoms with Crippen LogP contribution in [0.1, 0.15) is 110 Å². The third kappa shape index (κ3) is 8.12. The second kappa shape index (κ2) is 16.8. The van der Waals surface area contributed by atoms with Gasteiger partial charge in [0.05, 0.1) is 67.1 Å². The molecule has 15 nitrogen and oxygen atoms in total. The van der Waals surface area contributed by atoms with E-state index in [-0.39, 0.29) is 92.0 Å². The minimum Gasteiger partial charge on any atom is -0.393 e. The number of nitrogens with one attached hydrogen (secondary N) is 1. The number of Topliss-reactive ketones (excluding diaryl/α,β-unsaturated/α-hetero) is 1. The lowest BCUT2D eigenvalue weighted by Gasteiger charge is -2.64. The molecule has 9 fully saturated rings. The molecule has 1 amide bonds. The summed E-state index contributed by atoms with van der Waals surface area (Å²) in [5.74, 6) is -2.61. The molecule has 12 aliphatic rings. The molecule has 340 valence electrons. The third-order valence-corrected chi connectivity index (χ3v) is 16.4. The minimum atomic E-state index is -1.66. The number of nitrogens with zero attached hydrogens (tertiary/aromatic N) is 1. The third-order valence-electron chi connectivity index (χ3n) is 16.4. The molecule has 0 aromatic carbocycles. The van der Waals surface area contributed by atoms with Crippen LogP contribution in [0.4, 0.5) is 0 Å². The molecule has 12 bridgehead atoms. The highest BCUT2D eigenvalue weighted by molar-refractivity contribution is 5.92. The van der Waals surface area contributed by atoms with Gasteiger partial charge in [0.1, 0.15) is 24.1 Å². The molecule has 1 unspecified atom stereocenters. The molecular formula is C46H68N2O13. The van der Waals surface area contributed by atoms with E-state index in [0.717, 1.165) is 43.4 Å². The number of methoxy groups -OCH3 is 2. The molecular weight excluding hydrogens is 789 g/mol. The molecule has 0 aromatic heterocycles. The molecule has 0 aromatic rings. The second-order valence-electron chi connectivity index (χ2n) is 20.5. The van der Waals surface area contributed by atoms with Crippen molar-refractivity contribution in [3.63, 3.8) is 0 Å². The van der Waals surface area contributed by atoms with E-state index >= 15 is 0 Å². The molecule has 10 heterocycles. The van der Waals surface area contributed by atoms with Gasteiger partial charge in [-0.2, -0.15) is 0 Å². The van der Waals surface area contributed by atoms with Crippen molar-refractivity contribution in [3.05, 3.63) is 12.2 Å². The van der Waals surface area contributed by atoms with Gasteiger partial charge in [0.2, 0.25) is 11.6 Å². The predicted molar refractivity (Wildman–Crippen MR) is 217 cm³/mol. The van der Waals surface area contributed by atoms with Gasteiger partial charge in [0.15, 0.2) is 5.79 Å². The van der Waals surface area contributed by atoms with Crippen molar-refractivity contribution >= 4 is 17.4 Å². The van der Waals surface area contributed by atoms with Crippen LogP contribution in [0.3, 0.4) is 0 Å². The largest absolute Gasteiger partial charge is 0.393 e. The minimum absolute atomic E-state index is 0.0110. The van der Waals surface area contributed by atoms with Crippen LogP contribution >= 0.6 is 0 Å². The average Bonchev–Trinajstić information content (AvgIpc) is 3.93. The Morgan fingerprint density at radius 1 is 0.918 bits per heavy atom. The van der Waals surface area contributed by atoms with Crippen LogP contribution in [0.5, 0.6) is 0 Å². The molecule has 12 rings (SSSR count). The molecule has 7 saturated heterocycles. The maximum absolute atomic E-state index is 14.4. The number of aliphatic hydroxyl groups excluding tert-OH is 2. The Bertz CT molecular complexity index is 1710. The van der Waals surface area contributed by atoms with Crippen molar-refractivity contribution in [1.29, 1.82) is 0 Å². The quantitative estimate of drug-likeness (QED) is 0.261. The Hall–Kier alpha value is -1.89. The molecule has 20 atom stereocenters. The lowest BCUT2D eigenvalue weighted by molar-refractivity contribution is -0.396. The zero-order valence-electron chi connectivity index (χ0n) is 36.1. The number of aliphatic imine (C=N–C) groups is 1. The van der Waals surface area contributed by atoms with Crippen LogP contribution in [0, 0.1) is 29.6 Å². The second-order valence-corrected chi connectivity index (χ2v) is 20.5. The van der Waals surface area contributed by atoms with E-state index < -0.39 is 78.5 Å². The Morgan fingerprint density at radius 2 is 1.72 bits per heavy atom. The van der Waals surface area contributed by atoms with Crippen molar-refractivity contribution in [3.8, 4) is 0 Å². The number of ether oxygens (including phenoxy) is 8. The van der Waals surface area contributed by atoms with Gasteiger partial charge < -0.3 is 58.5 Å². The van der Waals surface area contributed by atoms with Crippen LogP contribution in [0.25, 0.3) is 0 Å². The van der Waals surface area contributed by atoms with E-state index in [1.807, 2.05) is 0 Å². The van der Waals surface area contributed by atoms with E-state index in [1.54, 1.807) is 14.2 Å². The van der Waals surface area contributed by atoms with Gasteiger partial charge in [-0.3, -0.25) is 14.6 Å². The van der Waals surface area contributed by atoms with Crippen molar-refractivity contribution < 1.29 is 62.8 Å². The molecule has 2 aliphatic carbocycles. The lowest BCUT2D eigenvalue weighted by Crippen LogP contribution is -2.75. The van der Waals surface area contributed by atoms with Crippen LogP contribution in [-0.4, -0.2) is 150 Å². The molecule has 4 N–H and O–H groups in total. The highest BCUT2D eigenvalue weighted by Gasteiger charge is 2.69. The van der Waals surface area contributed by atoms with Crippen molar-refractivity contribution in [2.45, 2.75) is 207 Å². The van der Waals surface area contributed by atoms with Crippen LogP contribution < -0.4 is 5.32 Å². The van der Waals surface area contributed by atoms with Crippen molar-refractivity contribution in [2.24, 2.45) is 34.6 Å². The Morgan fingerprint density at radius 3 is 2.51 bits per heavy atom. The van der Waals surface area contributed by atoms with E-state index in [0.29, 0.717) is 44.9 Å². The molecule has 0 radical (unpaired) electrons. The smallest absolute Gasteiger partial charge is 0.249 e. The summed E-state index contributed by atoms with van der Waals surface area (Å²) in [6, 6.07) is 0.